The van der Waals surface area contributed by atoms with Crippen molar-refractivity contribution in [3.05, 3.63) is 11.1 Å². The minimum absolute atomic E-state index is 0.147. The van der Waals surface area contributed by atoms with Crippen LogP contribution in [0.25, 0.3) is 0 Å². The molecule has 0 saturated heterocycles. The molecule has 0 aromatic heterocycles. The van der Waals surface area contributed by atoms with Crippen LogP contribution in [0.3, 0.4) is 0 Å². The summed E-state index contributed by atoms with van der Waals surface area (Å²) in [6.07, 6.45) is 14.1. The summed E-state index contributed by atoms with van der Waals surface area (Å²) in [5.41, 5.74) is 5.63. The fourth-order valence-electron chi connectivity index (χ4n) is 10.3. The summed E-state index contributed by atoms with van der Waals surface area (Å²) in [5.74, 6) is 1.91. The summed E-state index contributed by atoms with van der Waals surface area (Å²) in [5, 5.41) is 0. The van der Waals surface area contributed by atoms with E-state index in [0.717, 1.165) is 18.8 Å². The molecule has 0 aromatic rings. The molecule has 5 rings (SSSR count). The first-order valence-electron chi connectivity index (χ1n) is 13.5. The molecule has 1 heteroatoms. The quantitative estimate of drug-likeness (QED) is 0.356. The highest BCUT2D eigenvalue weighted by atomic mass is 16.1. The maximum absolute atomic E-state index is 12.9. The third kappa shape index (κ3) is 2.70. The Morgan fingerprint density at radius 2 is 1.35 bits per heavy atom. The lowest BCUT2D eigenvalue weighted by atomic mass is 9.35. The van der Waals surface area contributed by atoms with Gasteiger partial charge in [0.1, 0.15) is 5.78 Å². The van der Waals surface area contributed by atoms with Gasteiger partial charge in [-0.25, -0.2) is 0 Å². The second-order valence-electron chi connectivity index (χ2n) is 14.9. The lowest BCUT2D eigenvalue weighted by Crippen LogP contribution is -2.60. The summed E-state index contributed by atoms with van der Waals surface area (Å²) in [6, 6.07) is 0. The van der Waals surface area contributed by atoms with Crippen LogP contribution in [0.5, 0.6) is 0 Å². The zero-order valence-corrected chi connectivity index (χ0v) is 21.8. The van der Waals surface area contributed by atoms with Crippen LogP contribution in [-0.4, -0.2) is 5.78 Å². The van der Waals surface area contributed by atoms with E-state index in [4.69, 9.17) is 0 Å². The van der Waals surface area contributed by atoms with E-state index < -0.39 is 0 Å². The molecule has 0 unspecified atom stereocenters. The number of hydrogen-bond acceptors (Lipinski definition) is 1. The number of allylic oxidation sites excluding steroid dienone is 2. The second kappa shape index (κ2) is 6.29. The number of fused-ring (bicyclic) bond motifs is 6. The van der Waals surface area contributed by atoms with Crippen LogP contribution in [0.2, 0.25) is 0 Å². The number of ketones is 1. The number of carbonyl (C=O) groups excluding carboxylic acids is 1. The van der Waals surface area contributed by atoms with Gasteiger partial charge in [0, 0.05) is 11.8 Å². The molecule has 0 spiro atoms. The fraction of sp³-hybridized carbons (Fsp3) is 0.900. The van der Waals surface area contributed by atoms with Crippen molar-refractivity contribution < 1.29 is 4.79 Å². The van der Waals surface area contributed by atoms with E-state index in [1.54, 1.807) is 0 Å². The number of hydrogen-bond donors (Lipinski definition) is 0. The molecule has 0 aromatic carbocycles. The maximum atomic E-state index is 12.9. The highest BCUT2D eigenvalue weighted by molar-refractivity contribution is 5.85. The monoisotopic (exact) mass is 424 g/mol. The van der Waals surface area contributed by atoms with Gasteiger partial charge in [-0.05, 0) is 103 Å². The Morgan fingerprint density at radius 1 is 0.677 bits per heavy atom. The lowest BCUT2D eigenvalue weighted by Gasteiger charge is -2.69. The van der Waals surface area contributed by atoms with Gasteiger partial charge in [-0.2, -0.15) is 0 Å². The van der Waals surface area contributed by atoms with Crippen LogP contribution in [0.15, 0.2) is 11.1 Å². The molecular formula is C30H48O. The lowest BCUT2D eigenvalue weighted by molar-refractivity contribution is -0.154. The van der Waals surface area contributed by atoms with E-state index in [9.17, 15) is 4.79 Å². The van der Waals surface area contributed by atoms with E-state index in [1.807, 2.05) is 11.1 Å². The minimum atomic E-state index is -0.147. The first-order chi connectivity index (χ1) is 14.2. The number of rotatable bonds is 0. The highest BCUT2D eigenvalue weighted by Gasteiger charge is 2.65. The van der Waals surface area contributed by atoms with Crippen molar-refractivity contribution in [1.29, 1.82) is 0 Å². The molecule has 6 atom stereocenters. The SMILES string of the molecule is CC1(C)CC[C@]2(C)CC[C@]3(C)C4=C(CC[C@@]3(C)[C@@H]2C1)[C@@]1(C)CCC(=O)C(C)(C)[C@@H]1CC4. The summed E-state index contributed by atoms with van der Waals surface area (Å²) in [4.78, 5) is 12.9. The topological polar surface area (TPSA) is 17.1 Å². The van der Waals surface area contributed by atoms with Crippen LogP contribution in [0.1, 0.15) is 126 Å². The Morgan fingerprint density at radius 3 is 2.06 bits per heavy atom. The Balaban J connectivity index is 1.60. The van der Waals surface area contributed by atoms with E-state index in [-0.39, 0.29) is 10.8 Å². The smallest absolute Gasteiger partial charge is 0.138 e. The van der Waals surface area contributed by atoms with Gasteiger partial charge in [0.2, 0.25) is 0 Å². The van der Waals surface area contributed by atoms with Crippen LogP contribution in [0, 0.1) is 44.3 Å². The van der Waals surface area contributed by atoms with Crippen molar-refractivity contribution in [3.8, 4) is 0 Å². The van der Waals surface area contributed by atoms with Gasteiger partial charge >= 0.3 is 0 Å². The van der Waals surface area contributed by atoms with Crippen molar-refractivity contribution in [2.24, 2.45) is 44.3 Å². The van der Waals surface area contributed by atoms with Crippen molar-refractivity contribution in [2.45, 2.75) is 126 Å². The molecular weight excluding hydrogens is 376 g/mol. The number of carbonyl (C=O) groups is 1. The molecule has 0 aliphatic heterocycles. The van der Waals surface area contributed by atoms with Gasteiger partial charge in [-0.15, -0.1) is 0 Å². The molecule has 5 aliphatic carbocycles. The van der Waals surface area contributed by atoms with Gasteiger partial charge in [0.25, 0.3) is 0 Å². The van der Waals surface area contributed by atoms with Crippen LogP contribution < -0.4 is 0 Å². The van der Waals surface area contributed by atoms with E-state index in [1.165, 1.54) is 57.8 Å². The van der Waals surface area contributed by atoms with Crippen molar-refractivity contribution in [2.75, 3.05) is 0 Å². The first kappa shape index (κ1) is 22.2. The standard InChI is InChI=1S/C30H48O/c1-25(2)15-16-27(5)17-18-29(7)21-9-10-22-26(3,4)24(31)12-13-28(22,6)20(21)11-14-30(29,8)23(27)19-25/h22-23H,9-19H2,1-8H3/t22-,23+,27+,28+,29+,30-/m0/s1. The molecule has 5 aliphatic rings. The molecule has 0 amide bonds. The molecule has 0 N–H and O–H groups in total. The zero-order valence-electron chi connectivity index (χ0n) is 21.8. The summed E-state index contributed by atoms with van der Waals surface area (Å²) >= 11 is 0. The predicted octanol–water partition coefficient (Wildman–Crippen LogP) is 8.52. The zero-order chi connectivity index (χ0) is 22.7. The average Bonchev–Trinajstić information content (AvgIpc) is 2.68. The Labute approximate surface area is 192 Å². The van der Waals surface area contributed by atoms with Crippen LogP contribution in [0.4, 0.5) is 0 Å². The van der Waals surface area contributed by atoms with Crippen molar-refractivity contribution in [3.63, 3.8) is 0 Å². The fourth-order valence-corrected chi connectivity index (χ4v) is 10.3. The summed E-state index contributed by atoms with van der Waals surface area (Å²) in [6.45, 7) is 20.2. The van der Waals surface area contributed by atoms with Crippen LogP contribution >= 0.6 is 0 Å². The highest BCUT2D eigenvalue weighted by Crippen LogP contribution is 2.74. The molecule has 0 heterocycles. The van der Waals surface area contributed by atoms with Gasteiger partial charge < -0.3 is 0 Å². The molecule has 1 nitrogen and oxygen atoms in total. The third-order valence-electron chi connectivity index (χ3n) is 12.7. The number of Topliss-reactive ketones (excluding diaryl/α,β-unsaturated/α-hetero) is 1. The molecule has 31 heavy (non-hydrogen) atoms. The van der Waals surface area contributed by atoms with Crippen molar-refractivity contribution in [1.82, 2.24) is 0 Å². The second-order valence-corrected chi connectivity index (χ2v) is 14.9. The predicted molar refractivity (Wildman–Crippen MR) is 130 cm³/mol. The van der Waals surface area contributed by atoms with Gasteiger partial charge in [0.15, 0.2) is 0 Å². The maximum Gasteiger partial charge on any atom is 0.138 e. The molecule has 0 bridgehead atoms. The molecule has 174 valence electrons. The third-order valence-corrected chi connectivity index (χ3v) is 12.7. The largest absolute Gasteiger partial charge is 0.299 e. The van der Waals surface area contributed by atoms with Crippen molar-refractivity contribution >= 4 is 5.78 Å². The molecule has 3 fully saturated rings. The Hall–Kier alpha value is -0.590. The minimum Gasteiger partial charge on any atom is -0.299 e. The van der Waals surface area contributed by atoms with E-state index >= 15 is 0 Å². The van der Waals surface area contributed by atoms with Gasteiger partial charge in [0.05, 0.1) is 0 Å². The van der Waals surface area contributed by atoms with Gasteiger partial charge in [-0.3, -0.25) is 4.79 Å². The molecule has 3 saturated carbocycles. The normalized spacial score (nSPS) is 50.8. The summed E-state index contributed by atoms with van der Waals surface area (Å²) < 4.78 is 0. The van der Waals surface area contributed by atoms with Crippen LogP contribution in [-0.2, 0) is 4.79 Å². The van der Waals surface area contributed by atoms with E-state index in [2.05, 4.69) is 55.4 Å². The Kier molecular flexibility index (Phi) is 4.51. The first-order valence-corrected chi connectivity index (χ1v) is 13.5. The Bertz CT molecular complexity index is 844. The summed E-state index contributed by atoms with van der Waals surface area (Å²) in [7, 11) is 0. The van der Waals surface area contributed by atoms with E-state index in [0.29, 0.717) is 33.4 Å². The molecule has 0 radical (unpaired) electrons. The van der Waals surface area contributed by atoms with Gasteiger partial charge in [-0.1, -0.05) is 66.5 Å². The average molecular weight is 425 g/mol.